The zero-order valence-corrected chi connectivity index (χ0v) is 20.0. The molecule has 7 heteroatoms. The lowest BCUT2D eigenvalue weighted by molar-refractivity contribution is -0.120. The van der Waals surface area contributed by atoms with Gasteiger partial charge in [0, 0.05) is 0 Å². The molecule has 0 fully saturated rings. The number of amides is 1. The van der Waals surface area contributed by atoms with Gasteiger partial charge in [0.1, 0.15) is 12.4 Å². The summed E-state index contributed by atoms with van der Waals surface area (Å²) in [6, 6.07) is 29.7. The Morgan fingerprint density at radius 3 is 1.94 bits per heavy atom. The van der Waals surface area contributed by atoms with E-state index >= 15 is 0 Å². The number of nitrogens with zero attached hydrogens (tertiary/aromatic N) is 1. The summed E-state index contributed by atoms with van der Waals surface area (Å²) < 4.78 is 41.5. The summed E-state index contributed by atoms with van der Waals surface area (Å²) in [5, 5.41) is 2.99. The van der Waals surface area contributed by atoms with E-state index in [9.17, 15) is 17.6 Å². The molecular weight excluding hydrogens is 463 g/mol. The number of carbonyl (C=O) groups is 1. The number of nitrogens with one attached hydrogen (secondary N) is 1. The van der Waals surface area contributed by atoms with E-state index in [4.69, 9.17) is 0 Å². The van der Waals surface area contributed by atoms with Crippen LogP contribution in [0.2, 0.25) is 0 Å². The van der Waals surface area contributed by atoms with Gasteiger partial charge in [0.15, 0.2) is 0 Å². The van der Waals surface area contributed by atoms with Gasteiger partial charge in [-0.15, -0.1) is 0 Å². The van der Waals surface area contributed by atoms with Gasteiger partial charge in [-0.25, -0.2) is 12.8 Å². The van der Waals surface area contributed by atoms with Crippen LogP contribution in [0.1, 0.15) is 22.7 Å². The standard InChI is InChI=1S/C28H25FN2O3S/c1-21-12-14-23(15-13-21)28(22-8-4-2-5-9-22)30-27(32)20-31(25-18-16-24(29)17-19-25)35(33,34)26-10-6-3-7-11-26/h2-19,28H,20H2,1H3,(H,30,32)/t28-/m1/s1. The van der Waals surface area contributed by atoms with Crippen molar-refractivity contribution in [3.8, 4) is 0 Å². The van der Waals surface area contributed by atoms with Gasteiger partial charge in [0.05, 0.1) is 16.6 Å². The fraction of sp³-hybridized carbons (Fsp3) is 0.107. The third-order valence-electron chi connectivity index (χ3n) is 5.58. The zero-order chi connectivity index (χ0) is 24.8. The Hall–Kier alpha value is -3.97. The predicted molar refractivity (Wildman–Crippen MR) is 135 cm³/mol. The van der Waals surface area contributed by atoms with Crippen molar-refractivity contribution in [2.24, 2.45) is 0 Å². The van der Waals surface area contributed by atoms with Crippen molar-refractivity contribution in [1.82, 2.24) is 5.32 Å². The SMILES string of the molecule is Cc1ccc([C@H](NC(=O)CN(c2ccc(F)cc2)S(=O)(=O)c2ccccc2)c2ccccc2)cc1. The van der Waals surface area contributed by atoms with Crippen LogP contribution in [0.5, 0.6) is 0 Å². The number of aryl methyl sites for hydroxylation is 1. The summed E-state index contributed by atoms with van der Waals surface area (Å²) in [7, 11) is -4.08. The first-order valence-electron chi connectivity index (χ1n) is 11.1. The first kappa shape index (κ1) is 24.2. The van der Waals surface area contributed by atoms with Gasteiger partial charge in [0.25, 0.3) is 10.0 Å². The van der Waals surface area contributed by atoms with E-state index in [2.05, 4.69) is 5.32 Å². The van der Waals surface area contributed by atoms with Crippen LogP contribution in [0.25, 0.3) is 0 Å². The van der Waals surface area contributed by atoms with Crippen molar-refractivity contribution in [3.05, 3.63) is 132 Å². The lowest BCUT2D eigenvalue weighted by Crippen LogP contribution is -2.42. The zero-order valence-electron chi connectivity index (χ0n) is 19.1. The molecule has 4 rings (SSSR count). The van der Waals surface area contributed by atoms with Gasteiger partial charge in [-0.1, -0.05) is 78.4 Å². The van der Waals surface area contributed by atoms with Gasteiger partial charge in [-0.05, 0) is 54.4 Å². The molecule has 0 heterocycles. The Morgan fingerprint density at radius 1 is 0.800 bits per heavy atom. The molecule has 0 aliphatic carbocycles. The van der Waals surface area contributed by atoms with Crippen molar-refractivity contribution in [2.75, 3.05) is 10.8 Å². The third-order valence-corrected chi connectivity index (χ3v) is 7.37. The highest BCUT2D eigenvalue weighted by molar-refractivity contribution is 7.92. The monoisotopic (exact) mass is 488 g/mol. The number of anilines is 1. The van der Waals surface area contributed by atoms with Crippen LogP contribution in [-0.2, 0) is 14.8 Å². The van der Waals surface area contributed by atoms with Gasteiger partial charge < -0.3 is 5.32 Å². The van der Waals surface area contributed by atoms with E-state index in [1.807, 2.05) is 61.5 Å². The first-order valence-corrected chi connectivity index (χ1v) is 12.5. The van der Waals surface area contributed by atoms with Gasteiger partial charge in [-0.2, -0.15) is 0 Å². The molecule has 4 aromatic carbocycles. The smallest absolute Gasteiger partial charge is 0.264 e. The van der Waals surface area contributed by atoms with Crippen molar-refractivity contribution in [1.29, 1.82) is 0 Å². The Morgan fingerprint density at radius 2 is 1.34 bits per heavy atom. The summed E-state index contributed by atoms with van der Waals surface area (Å²) in [6.45, 7) is 1.51. The van der Waals surface area contributed by atoms with Crippen LogP contribution in [0, 0.1) is 12.7 Å². The van der Waals surface area contributed by atoms with Crippen LogP contribution in [-0.4, -0.2) is 20.9 Å². The molecule has 0 bridgehead atoms. The Balaban J connectivity index is 1.67. The fourth-order valence-electron chi connectivity index (χ4n) is 3.74. The highest BCUT2D eigenvalue weighted by Gasteiger charge is 2.28. The highest BCUT2D eigenvalue weighted by atomic mass is 32.2. The second-order valence-corrected chi connectivity index (χ2v) is 9.99. The van der Waals surface area contributed by atoms with Crippen molar-refractivity contribution in [3.63, 3.8) is 0 Å². The van der Waals surface area contributed by atoms with Gasteiger partial charge in [-0.3, -0.25) is 9.10 Å². The van der Waals surface area contributed by atoms with E-state index in [1.165, 1.54) is 36.4 Å². The fourth-order valence-corrected chi connectivity index (χ4v) is 5.18. The highest BCUT2D eigenvalue weighted by Crippen LogP contribution is 2.26. The quantitative estimate of drug-likeness (QED) is 0.369. The number of hydrogen-bond acceptors (Lipinski definition) is 3. The first-order chi connectivity index (χ1) is 16.8. The predicted octanol–water partition coefficient (Wildman–Crippen LogP) is 5.24. The Labute approximate surface area is 204 Å². The lowest BCUT2D eigenvalue weighted by Gasteiger charge is -2.26. The maximum Gasteiger partial charge on any atom is 0.264 e. The van der Waals surface area contributed by atoms with E-state index in [0.717, 1.165) is 21.0 Å². The molecule has 0 spiro atoms. The minimum atomic E-state index is -4.08. The molecular formula is C28H25FN2O3S. The maximum absolute atomic E-state index is 13.6. The van der Waals surface area contributed by atoms with E-state index in [-0.39, 0.29) is 10.6 Å². The average Bonchev–Trinajstić information content (AvgIpc) is 2.88. The maximum atomic E-state index is 13.6. The molecule has 1 amide bonds. The Kier molecular flexibility index (Phi) is 7.27. The topological polar surface area (TPSA) is 66.5 Å². The normalized spacial score (nSPS) is 12.1. The van der Waals surface area contributed by atoms with Crippen molar-refractivity contribution >= 4 is 21.6 Å². The molecule has 0 saturated carbocycles. The number of rotatable bonds is 8. The Bertz CT molecular complexity index is 1380. The van der Waals surface area contributed by atoms with E-state index in [0.29, 0.717) is 0 Å². The molecule has 35 heavy (non-hydrogen) atoms. The molecule has 0 aromatic heterocycles. The molecule has 4 aromatic rings. The molecule has 0 unspecified atom stereocenters. The summed E-state index contributed by atoms with van der Waals surface area (Å²) in [6.07, 6.45) is 0. The second-order valence-electron chi connectivity index (χ2n) is 8.12. The number of hydrogen-bond donors (Lipinski definition) is 1. The molecule has 5 nitrogen and oxygen atoms in total. The molecule has 178 valence electrons. The lowest BCUT2D eigenvalue weighted by atomic mass is 9.98. The number of benzene rings is 4. The van der Waals surface area contributed by atoms with Crippen molar-refractivity contribution in [2.45, 2.75) is 17.9 Å². The average molecular weight is 489 g/mol. The number of halogens is 1. The summed E-state index contributed by atoms with van der Waals surface area (Å²) in [5.74, 6) is -0.998. The molecule has 1 atom stereocenters. The molecule has 0 aliphatic heterocycles. The summed E-state index contributed by atoms with van der Waals surface area (Å²) in [4.78, 5) is 13.3. The van der Waals surface area contributed by atoms with E-state index < -0.39 is 34.3 Å². The number of sulfonamides is 1. The third kappa shape index (κ3) is 5.75. The number of carbonyl (C=O) groups excluding carboxylic acids is 1. The molecule has 1 N–H and O–H groups in total. The largest absolute Gasteiger partial charge is 0.344 e. The van der Waals surface area contributed by atoms with Crippen LogP contribution in [0.15, 0.2) is 114 Å². The van der Waals surface area contributed by atoms with Crippen LogP contribution < -0.4 is 9.62 Å². The summed E-state index contributed by atoms with van der Waals surface area (Å²) in [5.41, 5.74) is 3.01. The minimum Gasteiger partial charge on any atom is -0.344 e. The van der Waals surface area contributed by atoms with Crippen molar-refractivity contribution < 1.29 is 17.6 Å². The molecule has 0 aliphatic rings. The molecule has 0 radical (unpaired) electrons. The minimum absolute atomic E-state index is 0.0373. The van der Waals surface area contributed by atoms with E-state index in [1.54, 1.807) is 18.2 Å². The summed E-state index contributed by atoms with van der Waals surface area (Å²) >= 11 is 0. The van der Waals surface area contributed by atoms with Crippen LogP contribution >= 0.6 is 0 Å². The molecule has 0 saturated heterocycles. The van der Waals surface area contributed by atoms with Crippen LogP contribution in [0.4, 0.5) is 10.1 Å². The van der Waals surface area contributed by atoms with Gasteiger partial charge >= 0.3 is 0 Å². The second kappa shape index (κ2) is 10.5. The van der Waals surface area contributed by atoms with Crippen LogP contribution in [0.3, 0.4) is 0 Å². The van der Waals surface area contributed by atoms with Gasteiger partial charge in [0.2, 0.25) is 5.91 Å².